The van der Waals surface area contributed by atoms with Gasteiger partial charge in [-0.25, -0.2) is 0 Å². The number of amides is 1. The van der Waals surface area contributed by atoms with E-state index >= 15 is 0 Å². The maximum Gasteiger partial charge on any atom is 0.253 e. The van der Waals surface area contributed by atoms with E-state index in [0.29, 0.717) is 5.02 Å². The third-order valence-electron chi connectivity index (χ3n) is 4.74. The number of piperidine rings is 1. The minimum atomic E-state index is 0.146. The van der Waals surface area contributed by atoms with Gasteiger partial charge in [-0.05, 0) is 65.5 Å². The van der Waals surface area contributed by atoms with Gasteiger partial charge in [-0.3, -0.25) is 4.79 Å². The fourth-order valence-electron chi connectivity index (χ4n) is 3.60. The number of rotatable bonds is 1. The number of likely N-dealkylation sites (tertiary alicyclic amines) is 1. The Morgan fingerprint density at radius 2 is 1.95 bits per heavy atom. The number of carbonyl (C=O) groups excluding carboxylic acids is 1. The molecule has 108 valence electrons. The monoisotopic (exact) mass is 403 g/mol. The van der Waals surface area contributed by atoms with Crippen LogP contribution in [0.15, 0.2) is 18.2 Å². The first-order valence-electron chi connectivity index (χ1n) is 7.39. The van der Waals surface area contributed by atoms with Crippen molar-refractivity contribution < 1.29 is 4.79 Å². The summed E-state index contributed by atoms with van der Waals surface area (Å²) in [5.74, 6) is 1.72. The lowest BCUT2D eigenvalue weighted by Crippen LogP contribution is -2.44. The molecule has 2 unspecified atom stereocenters. The summed E-state index contributed by atoms with van der Waals surface area (Å²) in [5, 5.41) is 0.670. The van der Waals surface area contributed by atoms with E-state index in [1.165, 1.54) is 32.1 Å². The second kappa shape index (κ2) is 6.22. The Balaban J connectivity index is 1.72. The number of halogens is 2. The molecule has 1 aromatic rings. The van der Waals surface area contributed by atoms with E-state index in [9.17, 15) is 4.79 Å². The van der Waals surface area contributed by atoms with Crippen LogP contribution in [0.4, 0.5) is 0 Å². The zero-order valence-corrected chi connectivity index (χ0v) is 14.4. The molecular weight excluding hydrogens is 385 g/mol. The van der Waals surface area contributed by atoms with Gasteiger partial charge in [0.25, 0.3) is 5.91 Å². The molecule has 20 heavy (non-hydrogen) atoms. The highest BCUT2D eigenvalue weighted by molar-refractivity contribution is 14.1. The van der Waals surface area contributed by atoms with Crippen molar-refractivity contribution in [2.24, 2.45) is 11.8 Å². The zero-order valence-electron chi connectivity index (χ0n) is 11.4. The largest absolute Gasteiger partial charge is 0.338 e. The fraction of sp³-hybridized carbons (Fsp3) is 0.562. The first-order chi connectivity index (χ1) is 9.65. The number of benzene rings is 1. The van der Waals surface area contributed by atoms with Crippen molar-refractivity contribution in [3.8, 4) is 0 Å². The molecule has 1 aromatic carbocycles. The first-order valence-corrected chi connectivity index (χ1v) is 8.85. The van der Waals surface area contributed by atoms with E-state index in [2.05, 4.69) is 22.6 Å². The van der Waals surface area contributed by atoms with Crippen LogP contribution >= 0.6 is 34.2 Å². The molecule has 2 nitrogen and oxygen atoms in total. The maximum absolute atomic E-state index is 12.6. The van der Waals surface area contributed by atoms with Gasteiger partial charge in [0.15, 0.2) is 0 Å². The Morgan fingerprint density at radius 1 is 1.20 bits per heavy atom. The highest BCUT2D eigenvalue weighted by Crippen LogP contribution is 2.36. The summed E-state index contributed by atoms with van der Waals surface area (Å²) < 4.78 is 0.992. The van der Waals surface area contributed by atoms with Gasteiger partial charge in [0.05, 0.1) is 5.02 Å². The zero-order chi connectivity index (χ0) is 14.1. The van der Waals surface area contributed by atoms with Crippen LogP contribution in [0.2, 0.25) is 5.02 Å². The highest BCUT2D eigenvalue weighted by Gasteiger charge is 2.33. The summed E-state index contributed by atoms with van der Waals surface area (Å²) in [5.41, 5.74) is 0.727. The molecule has 1 amide bonds. The van der Waals surface area contributed by atoms with Crippen molar-refractivity contribution >= 4 is 40.1 Å². The van der Waals surface area contributed by atoms with Crippen LogP contribution in [0.5, 0.6) is 0 Å². The summed E-state index contributed by atoms with van der Waals surface area (Å²) >= 11 is 8.32. The summed E-state index contributed by atoms with van der Waals surface area (Å²) in [6.45, 7) is 1.84. The number of nitrogens with zero attached hydrogens (tertiary/aromatic N) is 1. The average Bonchev–Trinajstić information content (AvgIpc) is 2.49. The number of fused-ring (bicyclic) bond motifs is 1. The predicted octanol–water partition coefficient (Wildman–Crippen LogP) is 4.60. The molecule has 0 radical (unpaired) electrons. The number of hydrogen-bond donors (Lipinski definition) is 0. The second-order valence-electron chi connectivity index (χ2n) is 5.97. The van der Waals surface area contributed by atoms with E-state index < -0.39 is 0 Å². The van der Waals surface area contributed by atoms with Crippen molar-refractivity contribution in [2.75, 3.05) is 13.1 Å². The average molecular weight is 404 g/mol. The Labute approximate surface area is 139 Å². The van der Waals surface area contributed by atoms with Crippen LogP contribution < -0.4 is 0 Å². The predicted molar refractivity (Wildman–Crippen MR) is 90.1 cm³/mol. The molecule has 0 N–H and O–H groups in total. The molecular formula is C16H19ClINO. The number of hydrogen-bond acceptors (Lipinski definition) is 1. The van der Waals surface area contributed by atoms with Crippen LogP contribution in [0.1, 0.15) is 42.5 Å². The second-order valence-corrected chi connectivity index (χ2v) is 7.54. The smallest absolute Gasteiger partial charge is 0.253 e. The molecule has 2 atom stereocenters. The van der Waals surface area contributed by atoms with Gasteiger partial charge in [0, 0.05) is 22.2 Å². The lowest BCUT2D eigenvalue weighted by atomic mass is 9.75. The minimum Gasteiger partial charge on any atom is -0.338 e. The highest BCUT2D eigenvalue weighted by atomic mass is 127. The standard InChI is InChI=1S/C16H19ClINO/c17-14-9-12(5-6-15(14)18)16(20)19-8-7-11-3-1-2-4-13(11)10-19/h5-6,9,11,13H,1-4,7-8,10H2. The quantitative estimate of drug-likeness (QED) is 0.628. The van der Waals surface area contributed by atoms with Crippen molar-refractivity contribution in [3.63, 3.8) is 0 Å². The summed E-state index contributed by atoms with van der Waals surface area (Å²) in [6, 6.07) is 5.62. The van der Waals surface area contributed by atoms with Gasteiger partial charge in [-0.2, -0.15) is 0 Å². The molecule has 0 bridgehead atoms. The first kappa shape index (κ1) is 14.6. The molecule has 2 fully saturated rings. The molecule has 0 spiro atoms. The van der Waals surface area contributed by atoms with Crippen LogP contribution in [-0.2, 0) is 0 Å². The maximum atomic E-state index is 12.6. The molecule has 2 aliphatic rings. The Morgan fingerprint density at radius 3 is 2.70 bits per heavy atom. The van der Waals surface area contributed by atoms with Crippen LogP contribution in [0.3, 0.4) is 0 Å². The van der Waals surface area contributed by atoms with E-state index in [1.807, 2.05) is 17.0 Å². The third-order valence-corrected chi connectivity index (χ3v) is 6.32. The van der Waals surface area contributed by atoms with Gasteiger partial charge < -0.3 is 4.90 Å². The molecule has 1 aliphatic heterocycles. The molecule has 0 aromatic heterocycles. The lowest BCUT2D eigenvalue weighted by molar-refractivity contribution is 0.0521. The molecule has 1 aliphatic carbocycles. The van der Waals surface area contributed by atoms with Crippen molar-refractivity contribution in [1.82, 2.24) is 4.90 Å². The fourth-order valence-corrected chi connectivity index (χ4v) is 4.11. The van der Waals surface area contributed by atoms with E-state index in [1.54, 1.807) is 6.07 Å². The normalized spacial score (nSPS) is 26.2. The Hall–Kier alpha value is -0.290. The van der Waals surface area contributed by atoms with Gasteiger partial charge in [0.2, 0.25) is 0 Å². The molecule has 4 heteroatoms. The Kier molecular flexibility index (Phi) is 4.55. The molecule has 1 heterocycles. The van der Waals surface area contributed by atoms with Crippen LogP contribution in [-0.4, -0.2) is 23.9 Å². The van der Waals surface area contributed by atoms with Crippen molar-refractivity contribution in [1.29, 1.82) is 0 Å². The molecule has 3 rings (SSSR count). The summed E-state index contributed by atoms with van der Waals surface area (Å²) in [6.07, 6.45) is 6.54. The summed E-state index contributed by atoms with van der Waals surface area (Å²) in [4.78, 5) is 14.6. The van der Waals surface area contributed by atoms with E-state index in [0.717, 1.165) is 34.1 Å². The summed E-state index contributed by atoms with van der Waals surface area (Å²) in [7, 11) is 0. The minimum absolute atomic E-state index is 0.146. The topological polar surface area (TPSA) is 20.3 Å². The lowest BCUT2D eigenvalue weighted by Gasteiger charge is -2.41. The van der Waals surface area contributed by atoms with Gasteiger partial charge in [-0.15, -0.1) is 0 Å². The SMILES string of the molecule is O=C(c1ccc(I)c(Cl)c1)N1CCC2CCCCC2C1. The van der Waals surface area contributed by atoms with E-state index in [-0.39, 0.29) is 5.91 Å². The van der Waals surface area contributed by atoms with Gasteiger partial charge >= 0.3 is 0 Å². The van der Waals surface area contributed by atoms with Crippen molar-refractivity contribution in [3.05, 3.63) is 32.4 Å². The Bertz CT molecular complexity index is 519. The van der Waals surface area contributed by atoms with Gasteiger partial charge in [0.1, 0.15) is 0 Å². The van der Waals surface area contributed by atoms with Crippen LogP contribution in [0.25, 0.3) is 0 Å². The van der Waals surface area contributed by atoms with Crippen LogP contribution in [0, 0.1) is 15.4 Å². The molecule has 1 saturated carbocycles. The van der Waals surface area contributed by atoms with E-state index in [4.69, 9.17) is 11.6 Å². The van der Waals surface area contributed by atoms with Crippen molar-refractivity contribution in [2.45, 2.75) is 32.1 Å². The van der Waals surface area contributed by atoms with Gasteiger partial charge in [-0.1, -0.05) is 30.9 Å². The molecule has 1 saturated heterocycles. The third kappa shape index (κ3) is 2.98. The number of carbonyl (C=O) groups is 1.